The summed E-state index contributed by atoms with van der Waals surface area (Å²) in [6, 6.07) is 18.2. The van der Waals surface area contributed by atoms with E-state index in [9.17, 15) is 9.59 Å². The van der Waals surface area contributed by atoms with E-state index in [1.54, 1.807) is 4.90 Å². The summed E-state index contributed by atoms with van der Waals surface area (Å²) >= 11 is 0. The number of carbonyl (C=O) groups is 2. The first-order valence-corrected chi connectivity index (χ1v) is 11.7. The van der Waals surface area contributed by atoms with Crippen LogP contribution in [0.1, 0.15) is 49.7 Å². The van der Waals surface area contributed by atoms with Crippen LogP contribution in [0.4, 0.5) is 5.69 Å². The van der Waals surface area contributed by atoms with Gasteiger partial charge in [0.25, 0.3) is 0 Å². The maximum atomic E-state index is 13.0. The van der Waals surface area contributed by atoms with Crippen molar-refractivity contribution in [2.24, 2.45) is 0 Å². The van der Waals surface area contributed by atoms with Gasteiger partial charge in [-0.1, -0.05) is 55.0 Å². The predicted molar refractivity (Wildman–Crippen MR) is 124 cm³/mol. The molecule has 0 saturated carbocycles. The molecule has 1 saturated heterocycles. The first-order chi connectivity index (χ1) is 15.2. The van der Waals surface area contributed by atoms with E-state index in [-0.39, 0.29) is 17.9 Å². The summed E-state index contributed by atoms with van der Waals surface area (Å²) in [5.74, 6) is 0.0802. The van der Waals surface area contributed by atoms with Gasteiger partial charge in [-0.25, -0.2) is 0 Å². The molecule has 2 heterocycles. The van der Waals surface area contributed by atoms with E-state index < -0.39 is 0 Å². The lowest BCUT2D eigenvalue weighted by Gasteiger charge is -2.32. The van der Waals surface area contributed by atoms with Crippen molar-refractivity contribution in [3.8, 4) is 0 Å². The molecule has 1 atom stereocenters. The van der Waals surface area contributed by atoms with Crippen LogP contribution < -0.4 is 10.2 Å². The van der Waals surface area contributed by atoms with E-state index in [1.807, 2.05) is 30.3 Å². The summed E-state index contributed by atoms with van der Waals surface area (Å²) in [6.45, 7) is 3.16. The SMILES string of the molecule is O=C(NCCCN1CCCc2ccccc21)C1CCCCC(=O)N1Cc1ccccc1. The Hall–Kier alpha value is -2.82. The van der Waals surface area contributed by atoms with E-state index in [2.05, 4.69) is 34.5 Å². The highest BCUT2D eigenvalue weighted by Crippen LogP contribution is 2.26. The van der Waals surface area contributed by atoms with Crippen LogP contribution in [-0.4, -0.2) is 42.4 Å². The highest BCUT2D eigenvalue weighted by Gasteiger charge is 2.31. The minimum atomic E-state index is -0.370. The molecular formula is C26H33N3O2. The fourth-order valence-electron chi connectivity index (χ4n) is 4.78. The number of amides is 2. The van der Waals surface area contributed by atoms with Crippen molar-refractivity contribution in [3.63, 3.8) is 0 Å². The molecule has 2 aliphatic heterocycles. The molecule has 0 aromatic heterocycles. The number of nitrogens with one attached hydrogen (secondary N) is 1. The van der Waals surface area contributed by atoms with Gasteiger partial charge in [-0.05, 0) is 49.3 Å². The van der Waals surface area contributed by atoms with Gasteiger partial charge in [0.15, 0.2) is 0 Å². The van der Waals surface area contributed by atoms with Gasteiger partial charge in [-0.2, -0.15) is 0 Å². The number of hydrogen-bond acceptors (Lipinski definition) is 3. The molecule has 164 valence electrons. The molecule has 1 N–H and O–H groups in total. The Morgan fingerprint density at radius 2 is 1.77 bits per heavy atom. The number of nitrogens with zero attached hydrogens (tertiary/aromatic N) is 2. The van der Waals surface area contributed by atoms with Crippen molar-refractivity contribution >= 4 is 17.5 Å². The first kappa shape index (κ1) is 21.4. The van der Waals surface area contributed by atoms with E-state index >= 15 is 0 Å². The zero-order valence-electron chi connectivity index (χ0n) is 18.3. The minimum Gasteiger partial charge on any atom is -0.371 e. The Morgan fingerprint density at radius 1 is 0.968 bits per heavy atom. The van der Waals surface area contributed by atoms with E-state index in [0.29, 0.717) is 19.5 Å². The molecule has 2 aromatic carbocycles. The molecule has 2 amide bonds. The Kier molecular flexibility index (Phi) is 7.23. The number of carbonyl (C=O) groups excluding carboxylic acids is 2. The van der Waals surface area contributed by atoms with Gasteiger partial charge in [-0.3, -0.25) is 9.59 Å². The van der Waals surface area contributed by atoms with Crippen molar-refractivity contribution < 1.29 is 9.59 Å². The van der Waals surface area contributed by atoms with Crippen molar-refractivity contribution in [2.45, 2.75) is 57.5 Å². The van der Waals surface area contributed by atoms with Gasteiger partial charge in [-0.15, -0.1) is 0 Å². The van der Waals surface area contributed by atoms with Crippen LogP contribution >= 0.6 is 0 Å². The Bertz CT molecular complexity index is 883. The Morgan fingerprint density at radius 3 is 2.65 bits per heavy atom. The quantitative estimate of drug-likeness (QED) is 0.692. The van der Waals surface area contributed by atoms with Crippen LogP contribution in [0.3, 0.4) is 0 Å². The molecule has 1 unspecified atom stereocenters. The van der Waals surface area contributed by atoms with Crippen LogP contribution in [0, 0.1) is 0 Å². The third-order valence-corrected chi connectivity index (χ3v) is 6.42. The topological polar surface area (TPSA) is 52.7 Å². The van der Waals surface area contributed by atoms with Gasteiger partial charge in [0.05, 0.1) is 0 Å². The van der Waals surface area contributed by atoms with Crippen LogP contribution in [0.25, 0.3) is 0 Å². The summed E-state index contributed by atoms with van der Waals surface area (Å²) in [5.41, 5.74) is 3.83. The third-order valence-electron chi connectivity index (χ3n) is 6.42. The highest BCUT2D eigenvalue weighted by molar-refractivity contribution is 5.88. The monoisotopic (exact) mass is 419 g/mol. The third kappa shape index (κ3) is 5.46. The number of aryl methyl sites for hydroxylation is 1. The van der Waals surface area contributed by atoms with Gasteiger partial charge < -0.3 is 15.1 Å². The number of likely N-dealkylation sites (tertiary alicyclic amines) is 1. The normalized spacial score (nSPS) is 19.0. The fourth-order valence-corrected chi connectivity index (χ4v) is 4.78. The predicted octanol–water partition coefficient (Wildman–Crippen LogP) is 3.92. The zero-order chi connectivity index (χ0) is 21.5. The molecule has 4 rings (SSSR count). The minimum absolute atomic E-state index is 0.00905. The Labute approximate surface area is 185 Å². The molecule has 5 heteroatoms. The van der Waals surface area contributed by atoms with Gasteiger partial charge in [0.1, 0.15) is 6.04 Å². The standard InChI is InChI=1S/C26H33N3O2/c30-25-16-7-6-15-24(29(25)20-21-10-2-1-3-11-21)26(31)27-17-9-19-28-18-8-13-22-12-4-5-14-23(22)28/h1-5,10-12,14,24H,6-9,13,15-20H2,(H,27,31). The number of anilines is 1. The van der Waals surface area contributed by atoms with Crippen LogP contribution in [0.2, 0.25) is 0 Å². The highest BCUT2D eigenvalue weighted by atomic mass is 16.2. The van der Waals surface area contributed by atoms with Crippen LogP contribution in [-0.2, 0) is 22.6 Å². The lowest BCUT2D eigenvalue weighted by atomic mass is 10.0. The van der Waals surface area contributed by atoms with Crippen LogP contribution in [0.5, 0.6) is 0 Å². The number of benzene rings is 2. The Balaban J connectivity index is 1.32. The average Bonchev–Trinajstić information content (AvgIpc) is 2.99. The number of fused-ring (bicyclic) bond motifs is 1. The van der Waals surface area contributed by atoms with Crippen LogP contribution in [0.15, 0.2) is 54.6 Å². The van der Waals surface area contributed by atoms with Crippen molar-refractivity contribution in [1.82, 2.24) is 10.2 Å². The maximum Gasteiger partial charge on any atom is 0.242 e. The van der Waals surface area contributed by atoms with Gasteiger partial charge >= 0.3 is 0 Å². The number of hydrogen-bond donors (Lipinski definition) is 1. The lowest BCUT2D eigenvalue weighted by molar-refractivity contribution is -0.140. The molecule has 0 bridgehead atoms. The lowest BCUT2D eigenvalue weighted by Crippen LogP contribution is -2.48. The molecule has 31 heavy (non-hydrogen) atoms. The summed E-state index contributed by atoms with van der Waals surface area (Å²) in [4.78, 5) is 30.0. The molecule has 2 aliphatic rings. The largest absolute Gasteiger partial charge is 0.371 e. The second-order valence-corrected chi connectivity index (χ2v) is 8.63. The molecular weight excluding hydrogens is 386 g/mol. The smallest absolute Gasteiger partial charge is 0.242 e. The molecule has 1 fully saturated rings. The average molecular weight is 420 g/mol. The second-order valence-electron chi connectivity index (χ2n) is 8.63. The van der Waals surface area contributed by atoms with Gasteiger partial charge in [0, 0.05) is 38.3 Å². The summed E-state index contributed by atoms with van der Waals surface area (Å²) in [5, 5.41) is 3.12. The van der Waals surface area contributed by atoms with E-state index in [4.69, 9.17) is 0 Å². The zero-order valence-corrected chi connectivity index (χ0v) is 18.3. The van der Waals surface area contributed by atoms with E-state index in [1.165, 1.54) is 17.7 Å². The number of rotatable bonds is 7. The van der Waals surface area contributed by atoms with Crippen molar-refractivity contribution in [1.29, 1.82) is 0 Å². The summed E-state index contributed by atoms with van der Waals surface area (Å²) in [7, 11) is 0. The maximum absolute atomic E-state index is 13.0. The fraction of sp³-hybridized carbons (Fsp3) is 0.462. The second kappa shape index (κ2) is 10.5. The summed E-state index contributed by atoms with van der Waals surface area (Å²) < 4.78 is 0. The van der Waals surface area contributed by atoms with Crippen molar-refractivity contribution in [3.05, 3.63) is 65.7 Å². The first-order valence-electron chi connectivity index (χ1n) is 11.7. The summed E-state index contributed by atoms with van der Waals surface area (Å²) in [6.07, 6.45) is 6.29. The molecule has 0 spiro atoms. The number of para-hydroxylation sites is 1. The van der Waals surface area contributed by atoms with Crippen molar-refractivity contribution in [2.75, 3.05) is 24.5 Å². The molecule has 0 radical (unpaired) electrons. The van der Waals surface area contributed by atoms with E-state index in [0.717, 1.165) is 50.8 Å². The molecule has 5 nitrogen and oxygen atoms in total. The molecule has 0 aliphatic carbocycles. The molecule has 2 aromatic rings. The van der Waals surface area contributed by atoms with Gasteiger partial charge in [0.2, 0.25) is 11.8 Å².